The number of rotatable bonds is 5. The third-order valence-electron chi connectivity index (χ3n) is 2.95. The summed E-state index contributed by atoms with van der Waals surface area (Å²) < 4.78 is 5.21. The summed E-state index contributed by atoms with van der Waals surface area (Å²) in [7, 11) is 1.66. The standard InChI is InChI=1S/C15H13ClN4OS/c1-21-14-4-2-3-11(9-14)10-22-15-17-19-20(18-15)13-7-5-12(16)6-8-13/h2-9H,10H2,1H3. The molecule has 0 aliphatic heterocycles. The molecule has 0 unspecified atom stereocenters. The highest BCUT2D eigenvalue weighted by Crippen LogP contribution is 2.22. The molecular weight excluding hydrogens is 320 g/mol. The van der Waals surface area contributed by atoms with Gasteiger partial charge < -0.3 is 4.74 Å². The number of nitrogens with zero attached hydrogens (tertiary/aromatic N) is 4. The molecule has 0 spiro atoms. The molecule has 0 radical (unpaired) electrons. The molecule has 0 amide bonds. The summed E-state index contributed by atoms with van der Waals surface area (Å²) in [6.07, 6.45) is 0. The van der Waals surface area contributed by atoms with Crippen LogP contribution in [0.5, 0.6) is 5.75 Å². The fourth-order valence-electron chi connectivity index (χ4n) is 1.85. The quantitative estimate of drug-likeness (QED) is 0.668. The largest absolute Gasteiger partial charge is 0.497 e. The highest BCUT2D eigenvalue weighted by molar-refractivity contribution is 7.98. The summed E-state index contributed by atoms with van der Waals surface area (Å²) in [6.45, 7) is 0. The molecule has 0 atom stereocenters. The number of thioether (sulfide) groups is 1. The number of hydrogen-bond donors (Lipinski definition) is 0. The molecule has 2 aromatic carbocycles. The van der Waals surface area contributed by atoms with Gasteiger partial charge in [0.05, 0.1) is 12.8 Å². The van der Waals surface area contributed by atoms with Crippen molar-refractivity contribution in [1.29, 1.82) is 0 Å². The van der Waals surface area contributed by atoms with E-state index in [4.69, 9.17) is 16.3 Å². The lowest BCUT2D eigenvalue weighted by molar-refractivity contribution is 0.414. The lowest BCUT2D eigenvalue weighted by atomic mass is 10.2. The number of hydrogen-bond acceptors (Lipinski definition) is 5. The molecule has 0 fully saturated rings. The van der Waals surface area contributed by atoms with E-state index in [1.54, 1.807) is 19.2 Å². The molecule has 112 valence electrons. The van der Waals surface area contributed by atoms with Gasteiger partial charge in [-0.3, -0.25) is 0 Å². The summed E-state index contributed by atoms with van der Waals surface area (Å²) in [5, 5.41) is 13.8. The van der Waals surface area contributed by atoms with Crippen LogP contribution in [0.2, 0.25) is 5.02 Å². The molecule has 1 aromatic heterocycles. The van der Waals surface area contributed by atoms with Crippen LogP contribution in [-0.2, 0) is 5.75 Å². The van der Waals surface area contributed by atoms with Gasteiger partial charge in [-0.05, 0) is 47.2 Å². The number of aromatic nitrogens is 4. The summed E-state index contributed by atoms with van der Waals surface area (Å²) in [5.74, 6) is 1.60. The predicted octanol–water partition coefficient (Wildman–Crippen LogP) is 3.62. The van der Waals surface area contributed by atoms with Crippen molar-refractivity contribution in [3.63, 3.8) is 0 Å². The molecule has 3 rings (SSSR count). The average molecular weight is 333 g/mol. The molecule has 0 bridgehead atoms. The molecule has 0 N–H and O–H groups in total. The van der Waals surface area contributed by atoms with Crippen LogP contribution in [-0.4, -0.2) is 27.3 Å². The maximum Gasteiger partial charge on any atom is 0.231 e. The van der Waals surface area contributed by atoms with Gasteiger partial charge in [0.15, 0.2) is 0 Å². The Hall–Kier alpha value is -2.05. The number of tetrazole rings is 1. The predicted molar refractivity (Wildman–Crippen MR) is 86.7 cm³/mol. The van der Waals surface area contributed by atoms with Crippen LogP contribution >= 0.6 is 23.4 Å². The van der Waals surface area contributed by atoms with Gasteiger partial charge in [-0.2, -0.15) is 0 Å². The molecule has 22 heavy (non-hydrogen) atoms. The van der Waals surface area contributed by atoms with Crippen molar-refractivity contribution in [2.75, 3.05) is 7.11 Å². The van der Waals surface area contributed by atoms with E-state index in [9.17, 15) is 0 Å². The normalized spacial score (nSPS) is 10.6. The SMILES string of the molecule is COc1cccc(CSc2nnn(-c3ccc(Cl)cc3)n2)c1. The Morgan fingerprint density at radius 2 is 2.00 bits per heavy atom. The fraction of sp³-hybridized carbons (Fsp3) is 0.133. The van der Waals surface area contributed by atoms with Crippen LogP contribution < -0.4 is 4.74 Å². The van der Waals surface area contributed by atoms with E-state index in [-0.39, 0.29) is 0 Å². The highest BCUT2D eigenvalue weighted by atomic mass is 35.5. The van der Waals surface area contributed by atoms with Crippen molar-refractivity contribution >= 4 is 23.4 Å². The molecule has 1 heterocycles. The Kier molecular flexibility index (Phi) is 4.60. The summed E-state index contributed by atoms with van der Waals surface area (Å²) in [6, 6.07) is 15.2. The van der Waals surface area contributed by atoms with Crippen molar-refractivity contribution in [2.24, 2.45) is 0 Å². The Balaban J connectivity index is 1.67. The first-order chi connectivity index (χ1) is 10.7. The van der Waals surface area contributed by atoms with Crippen LogP contribution in [0.15, 0.2) is 53.7 Å². The molecule has 0 aliphatic rings. The summed E-state index contributed by atoms with van der Waals surface area (Å²) in [5.41, 5.74) is 1.97. The Morgan fingerprint density at radius 3 is 2.77 bits per heavy atom. The van der Waals surface area contributed by atoms with E-state index in [0.717, 1.165) is 22.8 Å². The van der Waals surface area contributed by atoms with Crippen LogP contribution in [0.25, 0.3) is 5.69 Å². The second-order valence-electron chi connectivity index (χ2n) is 4.48. The minimum Gasteiger partial charge on any atom is -0.497 e. The van der Waals surface area contributed by atoms with Crippen molar-refractivity contribution in [2.45, 2.75) is 10.9 Å². The first-order valence-corrected chi connectivity index (χ1v) is 7.92. The zero-order valence-electron chi connectivity index (χ0n) is 11.8. The van der Waals surface area contributed by atoms with Crippen LogP contribution in [0.4, 0.5) is 0 Å². The van der Waals surface area contributed by atoms with Gasteiger partial charge in [-0.1, -0.05) is 35.5 Å². The first kappa shape index (κ1) is 14.9. The number of methoxy groups -OCH3 is 1. The van der Waals surface area contributed by atoms with E-state index in [1.165, 1.54) is 16.6 Å². The second kappa shape index (κ2) is 6.81. The van der Waals surface area contributed by atoms with Gasteiger partial charge in [0.25, 0.3) is 0 Å². The number of benzene rings is 2. The summed E-state index contributed by atoms with van der Waals surface area (Å²) >= 11 is 7.39. The molecule has 3 aromatic rings. The Bertz CT molecular complexity index is 760. The van der Waals surface area contributed by atoms with Gasteiger partial charge in [-0.25, -0.2) is 0 Å². The van der Waals surface area contributed by atoms with Crippen LogP contribution in [0.3, 0.4) is 0 Å². The Morgan fingerprint density at radius 1 is 1.18 bits per heavy atom. The topological polar surface area (TPSA) is 52.8 Å². The van der Waals surface area contributed by atoms with Gasteiger partial charge in [0.2, 0.25) is 5.16 Å². The van der Waals surface area contributed by atoms with Gasteiger partial charge in [-0.15, -0.1) is 15.0 Å². The molecule has 5 nitrogen and oxygen atoms in total. The fourth-order valence-corrected chi connectivity index (χ4v) is 2.68. The maximum absolute atomic E-state index is 5.87. The van der Waals surface area contributed by atoms with E-state index < -0.39 is 0 Å². The Labute approximate surface area is 137 Å². The third-order valence-corrected chi connectivity index (χ3v) is 4.11. The lowest BCUT2D eigenvalue weighted by Gasteiger charge is -2.02. The van der Waals surface area contributed by atoms with Gasteiger partial charge >= 0.3 is 0 Å². The zero-order chi connectivity index (χ0) is 15.4. The molecular formula is C15H13ClN4OS. The second-order valence-corrected chi connectivity index (χ2v) is 5.86. The minimum absolute atomic E-state index is 0.623. The van der Waals surface area contributed by atoms with Crippen LogP contribution in [0.1, 0.15) is 5.56 Å². The number of halogens is 1. The van der Waals surface area contributed by atoms with Crippen molar-refractivity contribution in [1.82, 2.24) is 20.2 Å². The van der Waals surface area contributed by atoms with Crippen LogP contribution in [0, 0.1) is 0 Å². The van der Waals surface area contributed by atoms with Gasteiger partial charge in [0, 0.05) is 10.8 Å². The van der Waals surface area contributed by atoms with E-state index in [2.05, 4.69) is 15.4 Å². The van der Waals surface area contributed by atoms with Crippen molar-refractivity contribution < 1.29 is 4.74 Å². The molecule has 7 heteroatoms. The van der Waals surface area contributed by atoms with E-state index in [1.807, 2.05) is 36.4 Å². The maximum atomic E-state index is 5.87. The molecule has 0 saturated carbocycles. The van der Waals surface area contributed by atoms with Gasteiger partial charge in [0.1, 0.15) is 5.75 Å². The molecule has 0 saturated heterocycles. The molecule has 0 aliphatic carbocycles. The highest BCUT2D eigenvalue weighted by Gasteiger charge is 2.06. The first-order valence-electron chi connectivity index (χ1n) is 6.56. The van der Waals surface area contributed by atoms with E-state index >= 15 is 0 Å². The van der Waals surface area contributed by atoms with E-state index in [0.29, 0.717) is 10.2 Å². The zero-order valence-corrected chi connectivity index (χ0v) is 13.4. The van der Waals surface area contributed by atoms with Crippen molar-refractivity contribution in [3.05, 3.63) is 59.1 Å². The smallest absolute Gasteiger partial charge is 0.231 e. The van der Waals surface area contributed by atoms with Crippen molar-refractivity contribution in [3.8, 4) is 11.4 Å². The monoisotopic (exact) mass is 332 g/mol. The average Bonchev–Trinajstić information content (AvgIpc) is 3.03. The lowest BCUT2D eigenvalue weighted by Crippen LogP contribution is -1.98. The minimum atomic E-state index is 0.623. The third kappa shape index (κ3) is 3.58. The number of ether oxygens (including phenoxy) is 1. The summed E-state index contributed by atoms with van der Waals surface area (Å²) in [4.78, 5) is 1.49.